The van der Waals surface area contributed by atoms with Gasteiger partial charge in [-0.1, -0.05) is 0 Å². The number of pyridine rings is 1. The van der Waals surface area contributed by atoms with E-state index in [0.29, 0.717) is 18.7 Å². The highest BCUT2D eigenvalue weighted by Crippen LogP contribution is 2.16. The smallest absolute Gasteiger partial charge is 0.252 e. The molecule has 3 rings (SSSR count). The number of benzene rings is 1. The molecule has 1 aliphatic heterocycles. The third-order valence-electron chi connectivity index (χ3n) is 4.60. The quantitative estimate of drug-likeness (QED) is 0.278. The number of guanidine groups is 1. The van der Waals surface area contributed by atoms with E-state index in [0.717, 1.165) is 37.8 Å². The van der Waals surface area contributed by atoms with Crippen LogP contribution in [-0.2, 0) is 0 Å². The molecule has 29 heavy (non-hydrogen) atoms. The minimum Gasteiger partial charge on any atom is -0.368 e. The first-order chi connectivity index (χ1) is 13.7. The number of aliphatic imine (C=N–C) groups is 1. The lowest BCUT2D eigenvalue weighted by atomic mass is 10.2. The van der Waals surface area contributed by atoms with Crippen molar-refractivity contribution >= 4 is 41.5 Å². The van der Waals surface area contributed by atoms with E-state index in [9.17, 15) is 9.18 Å². The summed E-state index contributed by atoms with van der Waals surface area (Å²) in [5, 5.41) is 6.15. The Morgan fingerprint density at radius 3 is 2.41 bits per heavy atom. The van der Waals surface area contributed by atoms with E-state index < -0.39 is 0 Å². The van der Waals surface area contributed by atoms with Crippen molar-refractivity contribution in [3.63, 3.8) is 0 Å². The lowest BCUT2D eigenvalue weighted by Gasteiger charge is -2.37. The maximum Gasteiger partial charge on any atom is 0.252 e. The molecule has 0 saturated carbocycles. The van der Waals surface area contributed by atoms with E-state index >= 15 is 0 Å². The number of aromatic nitrogens is 1. The van der Waals surface area contributed by atoms with Crippen LogP contribution in [0.15, 0.2) is 53.8 Å². The van der Waals surface area contributed by atoms with Crippen molar-refractivity contribution in [1.29, 1.82) is 0 Å². The number of carbonyl (C=O) groups is 1. The zero-order valence-electron chi connectivity index (χ0n) is 16.3. The average molecular weight is 512 g/mol. The molecule has 1 aliphatic rings. The summed E-state index contributed by atoms with van der Waals surface area (Å²) in [7, 11) is 1.75. The Bertz CT molecular complexity index is 794. The predicted octanol–water partition coefficient (Wildman–Crippen LogP) is 1.97. The van der Waals surface area contributed by atoms with Crippen molar-refractivity contribution < 1.29 is 9.18 Å². The number of nitrogens with zero attached hydrogens (tertiary/aromatic N) is 4. The number of halogens is 2. The van der Waals surface area contributed by atoms with Crippen LogP contribution < -0.4 is 15.5 Å². The van der Waals surface area contributed by atoms with E-state index in [1.54, 1.807) is 31.6 Å². The molecule has 0 spiro atoms. The van der Waals surface area contributed by atoms with Crippen molar-refractivity contribution in [2.24, 2.45) is 4.99 Å². The molecule has 1 aromatic heterocycles. The Hall–Kier alpha value is -2.43. The molecule has 2 aromatic rings. The highest BCUT2D eigenvalue weighted by atomic mass is 127. The molecule has 7 nitrogen and oxygen atoms in total. The summed E-state index contributed by atoms with van der Waals surface area (Å²) < 4.78 is 13.1. The standard InChI is InChI=1S/C20H25FN6O.HI/c1-22-20(25-10-9-24-19(28)16-3-2-8-23-15-16)27-13-11-26(12-14-27)18-6-4-17(21)5-7-18;/h2-8,15H,9-14H2,1H3,(H,22,25)(H,24,28);1H. The molecule has 0 aliphatic carbocycles. The van der Waals surface area contributed by atoms with E-state index in [-0.39, 0.29) is 35.7 Å². The fourth-order valence-corrected chi connectivity index (χ4v) is 3.11. The summed E-state index contributed by atoms with van der Waals surface area (Å²) in [5.74, 6) is 0.454. The number of nitrogens with one attached hydrogen (secondary N) is 2. The summed E-state index contributed by atoms with van der Waals surface area (Å²) in [6.45, 7) is 4.38. The molecular formula is C20H26FIN6O. The summed E-state index contributed by atoms with van der Waals surface area (Å²) >= 11 is 0. The van der Waals surface area contributed by atoms with Gasteiger partial charge in [-0.2, -0.15) is 0 Å². The number of anilines is 1. The molecule has 0 atom stereocenters. The van der Waals surface area contributed by atoms with E-state index in [1.807, 2.05) is 12.1 Å². The zero-order valence-corrected chi connectivity index (χ0v) is 18.7. The second-order valence-electron chi connectivity index (χ2n) is 6.42. The van der Waals surface area contributed by atoms with Crippen LogP contribution >= 0.6 is 24.0 Å². The van der Waals surface area contributed by atoms with E-state index in [1.165, 1.54) is 12.1 Å². The maximum absolute atomic E-state index is 13.1. The largest absolute Gasteiger partial charge is 0.368 e. The molecule has 1 amide bonds. The van der Waals surface area contributed by atoms with Gasteiger partial charge in [0.25, 0.3) is 5.91 Å². The lowest BCUT2D eigenvalue weighted by molar-refractivity contribution is 0.0954. The Morgan fingerprint density at radius 2 is 1.79 bits per heavy atom. The normalized spacial score (nSPS) is 14.2. The number of amides is 1. The van der Waals surface area contributed by atoms with Crippen molar-refractivity contribution in [3.8, 4) is 0 Å². The molecule has 0 unspecified atom stereocenters. The molecule has 1 aromatic carbocycles. The predicted molar refractivity (Wildman–Crippen MR) is 124 cm³/mol. The van der Waals surface area contributed by atoms with Gasteiger partial charge in [0.05, 0.1) is 5.56 Å². The Labute approximate surface area is 187 Å². The van der Waals surface area contributed by atoms with Crippen LogP contribution in [0.2, 0.25) is 0 Å². The summed E-state index contributed by atoms with van der Waals surface area (Å²) in [6.07, 6.45) is 3.18. The number of rotatable bonds is 5. The molecule has 1 fully saturated rings. The number of carbonyl (C=O) groups excluding carboxylic acids is 1. The summed E-state index contributed by atoms with van der Waals surface area (Å²) in [4.78, 5) is 24.7. The molecular weight excluding hydrogens is 486 g/mol. The van der Waals surface area contributed by atoms with Gasteiger partial charge >= 0.3 is 0 Å². The van der Waals surface area contributed by atoms with Crippen LogP contribution in [0, 0.1) is 5.82 Å². The van der Waals surface area contributed by atoms with Gasteiger partial charge in [0.2, 0.25) is 0 Å². The molecule has 0 bridgehead atoms. The highest BCUT2D eigenvalue weighted by molar-refractivity contribution is 14.0. The van der Waals surface area contributed by atoms with Crippen LogP contribution in [-0.4, -0.2) is 68.1 Å². The van der Waals surface area contributed by atoms with Crippen LogP contribution in [0.1, 0.15) is 10.4 Å². The number of piperazine rings is 1. The Balaban J connectivity index is 0.00000300. The third kappa shape index (κ3) is 6.55. The minimum absolute atomic E-state index is 0. The first-order valence-electron chi connectivity index (χ1n) is 9.31. The van der Waals surface area contributed by atoms with Gasteiger partial charge in [-0.3, -0.25) is 14.8 Å². The van der Waals surface area contributed by atoms with Gasteiger partial charge in [0, 0.05) is 64.4 Å². The zero-order chi connectivity index (χ0) is 19.8. The number of hydrogen-bond donors (Lipinski definition) is 2. The van der Waals surface area contributed by atoms with Crippen LogP contribution in [0.5, 0.6) is 0 Å². The third-order valence-corrected chi connectivity index (χ3v) is 4.60. The van der Waals surface area contributed by atoms with E-state index in [4.69, 9.17) is 0 Å². The van der Waals surface area contributed by atoms with Crippen molar-refractivity contribution in [2.45, 2.75) is 0 Å². The minimum atomic E-state index is -0.220. The van der Waals surface area contributed by atoms with Crippen LogP contribution in [0.25, 0.3) is 0 Å². The van der Waals surface area contributed by atoms with Crippen LogP contribution in [0.3, 0.4) is 0 Å². The first kappa shape index (κ1) is 22.9. The molecule has 2 N–H and O–H groups in total. The Morgan fingerprint density at radius 1 is 1.10 bits per heavy atom. The summed E-state index contributed by atoms with van der Waals surface area (Å²) in [6, 6.07) is 10.1. The monoisotopic (exact) mass is 512 g/mol. The second kappa shape index (κ2) is 11.5. The SMILES string of the molecule is CN=C(NCCNC(=O)c1cccnc1)N1CCN(c2ccc(F)cc2)CC1.I. The average Bonchev–Trinajstić information content (AvgIpc) is 2.75. The van der Waals surface area contributed by atoms with Crippen molar-refractivity contribution in [2.75, 3.05) is 51.2 Å². The number of hydrogen-bond acceptors (Lipinski definition) is 4. The topological polar surface area (TPSA) is 72.9 Å². The van der Waals surface area contributed by atoms with Gasteiger partial charge in [0.15, 0.2) is 5.96 Å². The van der Waals surface area contributed by atoms with E-state index in [2.05, 4.69) is 30.4 Å². The van der Waals surface area contributed by atoms with Gasteiger partial charge < -0.3 is 20.4 Å². The summed E-state index contributed by atoms with van der Waals surface area (Å²) in [5.41, 5.74) is 1.57. The fraction of sp³-hybridized carbons (Fsp3) is 0.350. The van der Waals surface area contributed by atoms with Gasteiger partial charge in [-0.25, -0.2) is 4.39 Å². The van der Waals surface area contributed by atoms with Gasteiger partial charge in [-0.15, -0.1) is 24.0 Å². The Kier molecular flexibility index (Phi) is 9.10. The van der Waals surface area contributed by atoms with Gasteiger partial charge in [-0.05, 0) is 36.4 Å². The second-order valence-corrected chi connectivity index (χ2v) is 6.42. The molecule has 2 heterocycles. The van der Waals surface area contributed by atoms with Crippen molar-refractivity contribution in [3.05, 3.63) is 60.2 Å². The molecule has 9 heteroatoms. The van der Waals surface area contributed by atoms with Crippen LogP contribution in [0.4, 0.5) is 10.1 Å². The molecule has 0 radical (unpaired) electrons. The maximum atomic E-state index is 13.1. The highest BCUT2D eigenvalue weighted by Gasteiger charge is 2.19. The first-order valence-corrected chi connectivity index (χ1v) is 9.31. The fourth-order valence-electron chi connectivity index (χ4n) is 3.11. The van der Waals surface area contributed by atoms with Gasteiger partial charge in [0.1, 0.15) is 5.82 Å². The molecule has 1 saturated heterocycles. The van der Waals surface area contributed by atoms with Crippen molar-refractivity contribution in [1.82, 2.24) is 20.5 Å². The lowest BCUT2D eigenvalue weighted by Crippen LogP contribution is -2.53. The molecule has 156 valence electrons.